The van der Waals surface area contributed by atoms with Crippen LogP contribution in [-0.4, -0.2) is 18.2 Å². The quantitative estimate of drug-likeness (QED) is 0.510. The fourth-order valence-corrected chi connectivity index (χ4v) is 1.64. The molecule has 4 heteroatoms. The average molecular weight is 244 g/mol. The van der Waals surface area contributed by atoms with Gasteiger partial charge in [-0.05, 0) is 12.1 Å². The molecule has 0 saturated carbocycles. The minimum absolute atomic E-state index is 0.0724. The maximum atomic E-state index is 12.2. The summed E-state index contributed by atoms with van der Waals surface area (Å²) < 4.78 is 4.99. The van der Waals surface area contributed by atoms with Crippen molar-refractivity contribution in [2.75, 3.05) is 7.11 Å². The molecule has 2 aromatic rings. The Bertz CT molecular complexity index is 549. The lowest BCUT2D eigenvalue weighted by Crippen LogP contribution is -2.04. The second-order valence-corrected chi connectivity index (χ2v) is 3.65. The molecule has 2 rings (SSSR count). The molecule has 0 bridgehead atoms. The van der Waals surface area contributed by atoms with Gasteiger partial charge in [0.25, 0.3) is 0 Å². The predicted octanol–water partition coefficient (Wildman–Crippen LogP) is 2.78. The number of hydrogen-bond donors (Lipinski definition) is 1. The standard InChI is InChI=1S/C14H12O4/c1-17-11-7-8-12(13(9-11)18-16)14(15)10-5-3-2-4-6-10/h2-9,16H,1H3. The molecule has 2 aromatic carbocycles. The number of benzene rings is 2. The first-order chi connectivity index (χ1) is 8.76. The maximum absolute atomic E-state index is 12.2. The van der Waals surface area contributed by atoms with Crippen LogP contribution in [0.1, 0.15) is 15.9 Å². The number of hydrogen-bond acceptors (Lipinski definition) is 4. The molecule has 0 aliphatic heterocycles. The Morgan fingerprint density at radius 1 is 1.11 bits per heavy atom. The van der Waals surface area contributed by atoms with Gasteiger partial charge in [-0.2, -0.15) is 0 Å². The molecule has 0 aliphatic rings. The Morgan fingerprint density at radius 3 is 2.44 bits per heavy atom. The molecule has 0 aromatic heterocycles. The topological polar surface area (TPSA) is 55.8 Å². The molecule has 0 atom stereocenters. The summed E-state index contributed by atoms with van der Waals surface area (Å²) in [5.41, 5.74) is 0.811. The lowest BCUT2D eigenvalue weighted by molar-refractivity contribution is -0.138. The normalized spacial score (nSPS) is 9.89. The molecule has 1 N–H and O–H groups in total. The van der Waals surface area contributed by atoms with Crippen LogP contribution in [0.5, 0.6) is 11.5 Å². The molecular weight excluding hydrogens is 232 g/mol. The first-order valence-corrected chi connectivity index (χ1v) is 5.35. The van der Waals surface area contributed by atoms with Crippen LogP contribution in [0.15, 0.2) is 48.5 Å². The van der Waals surface area contributed by atoms with Crippen LogP contribution in [0, 0.1) is 0 Å². The lowest BCUT2D eigenvalue weighted by atomic mass is 10.0. The van der Waals surface area contributed by atoms with E-state index in [1.165, 1.54) is 13.2 Å². The van der Waals surface area contributed by atoms with E-state index in [4.69, 9.17) is 9.99 Å². The van der Waals surface area contributed by atoms with E-state index in [-0.39, 0.29) is 17.1 Å². The van der Waals surface area contributed by atoms with Gasteiger partial charge < -0.3 is 9.62 Å². The summed E-state index contributed by atoms with van der Waals surface area (Å²) in [6, 6.07) is 13.4. The highest BCUT2D eigenvalue weighted by molar-refractivity contribution is 6.10. The van der Waals surface area contributed by atoms with Crippen molar-refractivity contribution in [1.82, 2.24) is 0 Å². The molecule has 0 heterocycles. The first kappa shape index (κ1) is 12.1. The largest absolute Gasteiger partial charge is 0.497 e. The smallest absolute Gasteiger partial charge is 0.196 e. The first-order valence-electron chi connectivity index (χ1n) is 5.35. The molecule has 0 unspecified atom stereocenters. The number of methoxy groups -OCH3 is 1. The maximum Gasteiger partial charge on any atom is 0.196 e. The Labute approximate surface area is 104 Å². The minimum Gasteiger partial charge on any atom is -0.497 e. The van der Waals surface area contributed by atoms with E-state index in [9.17, 15) is 4.79 Å². The number of carbonyl (C=O) groups excluding carboxylic acids is 1. The highest BCUT2D eigenvalue weighted by Gasteiger charge is 2.15. The van der Waals surface area contributed by atoms with Crippen molar-refractivity contribution in [3.05, 3.63) is 59.7 Å². The highest BCUT2D eigenvalue weighted by atomic mass is 17.1. The molecule has 18 heavy (non-hydrogen) atoms. The van der Waals surface area contributed by atoms with Crippen LogP contribution >= 0.6 is 0 Å². The van der Waals surface area contributed by atoms with Crippen molar-refractivity contribution in [2.24, 2.45) is 0 Å². The van der Waals surface area contributed by atoms with Crippen molar-refractivity contribution >= 4 is 5.78 Å². The second-order valence-electron chi connectivity index (χ2n) is 3.65. The third-order valence-corrected chi connectivity index (χ3v) is 2.57. The third-order valence-electron chi connectivity index (χ3n) is 2.57. The molecule has 0 fully saturated rings. The van der Waals surface area contributed by atoms with Gasteiger partial charge in [-0.15, -0.1) is 0 Å². The van der Waals surface area contributed by atoms with Gasteiger partial charge >= 0.3 is 0 Å². The average Bonchev–Trinajstić information content (AvgIpc) is 2.46. The second kappa shape index (κ2) is 5.33. The summed E-state index contributed by atoms with van der Waals surface area (Å²) in [5.74, 6) is 0.356. The fourth-order valence-electron chi connectivity index (χ4n) is 1.64. The predicted molar refractivity (Wildman–Crippen MR) is 66.1 cm³/mol. The highest BCUT2D eigenvalue weighted by Crippen LogP contribution is 2.26. The number of ketones is 1. The van der Waals surface area contributed by atoms with E-state index in [0.29, 0.717) is 11.3 Å². The lowest BCUT2D eigenvalue weighted by Gasteiger charge is -2.07. The van der Waals surface area contributed by atoms with Crippen molar-refractivity contribution in [2.45, 2.75) is 0 Å². The molecule has 0 aliphatic carbocycles. The van der Waals surface area contributed by atoms with Crippen molar-refractivity contribution in [1.29, 1.82) is 0 Å². The van der Waals surface area contributed by atoms with Crippen LogP contribution in [-0.2, 0) is 0 Å². The van der Waals surface area contributed by atoms with Gasteiger partial charge in [-0.25, -0.2) is 5.26 Å². The SMILES string of the molecule is COc1ccc(C(=O)c2ccccc2)c(OO)c1. The zero-order valence-electron chi connectivity index (χ0n) is 9.79. The Hall–Kier alpha value is -2.33. The molecule has 0 amide bonds. The van der Waals surface area contributed by atoms with Crippen LogP contribution in [0.3, 0.4) is 0 Å². The molecular formula is C14H12O4. The summed E-state index contributed by atoms with van der Waals surface area (Å²) in [6.07, 6.45) is 0. The van der Waals surface area contributed by atoms with E-state index in [0.717, 1.165) is 0 Å². The molecule has 0 saturated heterocycles. The minimum atomic E-state index is -0.220. The van der Waals surface area contributed by atoms with Crippen LogP contribution in [0.4, 0.5) is 0 Å². The van der Waals surface area contributed by atoms with Gasteiger partial charge in [0, 0.05) is 11.6 Å². The monoisotopic (exact) mass is 244 g/mol. The molecule has 4 nitrogen and oxygen atoms in total. The van der Waals surface area contributed by atoms with Gasteiger partial charge in [0.15, 0.2) is 11.5 Å². The van der Waals surface area contributed by atoms with E-state index in [2.05, 4.69) is 4.89 Å². The zero-order chi connectivity index (χ0) is 13.0. The third kappa shape index (κ3) is 2.33. The molecule has 92 valence electrons. The summed E-state index contributed by atoms with van der Waals surface area (Å²) in [6.45, 7) is 0. The number of rotatable bonds is 4. The van der Waals surface area contributed by atoms with Crippen LogP contribution in [0.2, 0.25) is 0 Å². The van der Waals surface area contributed by atoms with E-state index in [1.807, 2.05) is 6.07 Å². The number of carbonyl (C=O) groups is 1. The van der Waals surface area contributed by atoms with Crippen LogP contribution < -0.4 is 9.62 Å². The molecule has 0 radical (unpaired) electrons. The summed E-state index contributed by atoms with van der Waals surface area (Å²) >= 11 is 0. The van der Waals surface area contributed by atoms with E-state index in [1.54, 1.807) is 36.4 Å². The Kier molecular flexibility index (Phi) is 3.60. The van der Waals surface area contributed by atoms with Gasteiger partial charge in [-0.3, -0.25) is 4.79 Å². The summed E-state index contributed by atoms with van der Waals surface area (Å²) in [7, 11) is 1.50. The van der Waals surface area contributed by atoms with Gasteiger partial charge in [0.1, 0.15) is 5.75 Å². The summed E-state index contributed by atoms with van der Waals surface area (Å²) in [4.78, 5) is 16.4. The van der Waals surface area contributed by atoms with Gasteiger partial charge in [-0.1, -0.05) is 30.3 Å². The Balaban J connectivity index is 2.42. The zero-order valence-corrected chi connectivity index (χ0v) is 9.79. The van der Waals surface area contributed by atoms with Crippen LogP contribution in [0.25, 0.3) is 0 Å². The fraction of sp³-hybridized carbons (Fsp3) is 0.0714. The van der Waals surface area contributed by atoms with E-state index < -0.39 is 0 Å². The van der Waals surface area contributed by atoms with E-state index >= 15 is 0 Å². The van der Waals surface area contributed by atoms with Gasteiger partial charge in [0.05, 0.1) is 12.7 Å². The Morgan fingerprint density at radius 2 is 1.83 bits per heavy atom. The van der Waals surface area contributed by atoms with Gasteiger partial charge in [0.2, 0.25) is 0 Å². The van der Waals surface area contributed by atoms with Crippen molar-refractivity contribution in [3.8, 4) is 11.5 Å². The summed E-state index contributed by atoms with van der Waals surface area (Å²) in [5, 5.41) is 8.83. The molecule has 0 spiro atoms. The van der Waals surface area contributed by atoms with Crippen molar-refractivity contribution in [3.63, 3.8) is 0 Å². The van der Waals surface area contributed by atoms with Crippen molar-refractivity contribution < 1.29 is 19.7 Å². The number of ether oxygens (including phenoxy) is 1.